The van der Waals surface area contributed by atoms with Gasteiger partial charge < -0.3 is 10.2 Å². The second kappa shape index (κ2) is 3.86. The third kappa shape index (κ3) is 1.86. The van der Waals surface area contributed by atoms with Crippen LogP contribution < -0.4 is 0 Å². The fraction of sp³-hybridized carbons (Fsp3) is 0.538. The van der Waals surface area contributed by atoms with E-state index in [1.54, 1.807) is 0 Å². The summed E-state index contributed by atoms with van der Waals surface area (Å²) in [6.07, 6.45) is 2.87. The van der Waals surface area contributed by atoms with Crippen LogP contribution in [0.1, 0.15) is 41.9 Å². The van der Waals surface area contributed by atoms with Gasteiger partial charge in [0.2, 0.25) is 0 Å². The Hall–Kier alpha value is -1.02. The van der Waals surface area contributed by atoms with Crippen LogP contribution in [0.3, 0.4) is 0 Å². The zero-order chi connectivity index (χ0) is 11.0. The van der Waals surface area contributed by atoms with Gasteiger partial charge in [0.25, 0.3) is 0 Å². The largest absolute Gasteiger partial charge is 0.507 e. The lowest BCUT2D eigenvalue weighted by atomic mass is 9.92. The van der Waals surface area contributed by atoms with Crippen LogP contribution in [0.4, 0.5) is 0 Å². The molecule has 0 aliphatic heterocycles. The number of benzene rings is 1. The van der Waals surface area contributed by atoms with Crippen LogP contribution in [0.2, 0.25) is 0 Å². The molecule has 2 heteroatoms. The standard InChI is InChI=1S/C13H18O2/c1-8-6-10(7-9(2)13(8)15)11-4-3-5-12(11)14/h6-7,11-12,14-15H,3-5H2,1-2H3/t11-,12+/m0/s1. The van der Waals surface area contributed by atoms with Gasteiger partial charge in [-0.1, -0.05) is 18.6 Å². The van der Waals surface area contributed by atoms with Crippen molar-refractivity contribution in [3.8, 4) is 5.75 Å². The van der Waals surface area contributed by atoms with Gasteiger partial charge in [-0.25, -0.2) is 0 Å². The molecule has 82 valence electrons. The molecule has 1 fully saturated rings. The minimum Gasteiger partial charge on any atom is -0.507 e. The normalized spacial score (nSPS) is 25.8. The Morgan fingerprint density at radius 1 is 1.13 bits per heavy atom. The molecule has 1 aromatic carbocycles. The lowest BCUT2D eigenvalue weighted by molar-refractivity contribution is 0.164. The number of aryl methyl sites for hydroxylation is 2. The molecule has 1 aliphatic rings. The zero-order valence-corrected chi connectivity index (χ0v) is 9.33. The van der Waals surface area contributed by atoms with Gasteiger partial charge in [0.15, 0.2) is 0 Å². The molecule has 2 nitrogen and oxygen atoms in total. The highest BCUT2D eigenvalue weighted by Gasteiger charge is 2.27. The van der Waals surface area contributed by atoms with E-state index < -0.39 is 0 Å². The summed E-state index contributed by atoms with van der Waals surface area (Å²) in [5.41, 5.74) is 2.99. The molecule has 2 atom stereocenters. The van der Waals surface area contributed by atoms with Gasteiger partial charge in [-0.2, -0.15) is 0 Å². The van der Waals surface area contributed by atoms with Gasteiger partial charge in [-0.05, 0) is 43.4 Å². The molecule has 2 N–H and O–H groups in total. The monoisotopic (exact) mass is 206 g/mol. The lowest BCUT2D eigenvalue weighted by Gasteiger charge is -2.17. The van der Waals surface area contributed by atoms with Crippen LogP contribution in [-0.2, 0) is 0 Å². The fourth-order valence-electron chi connectivity index (χ4n) is 2.53. The molecular formula is C13H18O2. The van der Waals surface area contributed by atoms with Crippen molar-refractivity contribution in [2.75, 3.05) is 0 Å². The van der Waals surface area contributed by atoms with E-state index >= 15 is 0 Å². The first-order valence-electron chi connectivity index (χ1n) is 5.58. The minimum absolute atomic E-state index is 0.201. The van der Waals surface area contributed by atoms with E-state index in [-0.39, 0.29) is 12.0 Å². The molecule has 0 aromatic heterocycles. The van der Waals surface area contributed by atoms with E-state index in [0.29, 0.717) is 5.75 Å². The highest BCUT2D eigenvalue weighted by Crippen LogP contribution is 2.37. The number of aliphatic hydroxyl groups excluding tert-OH is 1. The number of rotatable bonds is 1. The second-order valence-corrected chi connectivity index (χ2v) is 4.61. The predicted octanol–water partition coefficient (Wildman–Crippen LogP) is 2.64. The van der Waals surface area contributed by atoms with Gasteiger partial charge in [-0.15, -0.1) is 0 Å². The van der Waals surface area contributed by atoms with E-state index in [1.807, 2.05) is 26.0 Å². The number of phenols is 1. The van der Waals surface area contributed by atoms with Gasteiger partial charge in [0.05, 0.1) is 6.10 Å². The van der Waals surface area contributed by atoms with Crippen molar-refractivity contribution in [3.05, 3.63) is 28.8 Å². The summed E-state index contributed by atoms with van der Waals surface area (Å²) < 4.78 is 0. The lowest BCUT2D eigenvalue weighted by Crippen LogP contribution is -2.11. The summed E-state index contributed by atoms with van der Waals surface area (Å²) in [7, 11) is 0. The summed E-state index contributed by atoms with van der Waals surface area (Å²) >= 11 is 0. The highest BCUT2D eigenvalue weighted by atomic mass is 16.3. The number of aliphatic hydroxyl groups is 1. The first-order chi connectivity index (χ1) is 7.09. The van der Waals surface area contributed by atoms with E-state index in [9.17, 15) is 10.2 Å². The Balaban J connectivity index is 2.36. The van der Waals surface area contributed by atoms with Crippen molar-refractivity contribution in [2.24, 2.45) is 0 Å². The first kappa shape index (κ1) is 10.5. The third-order valence-electron chi connectivity index (χ3n) is 3.42. The van der Waals surface area contributed by atoms with Crippen molar-refractivity contribution < 1.29 is 10.2 Å². The first-order valence-corrected chi connectivity index (χ1v) is 5.58. The summed E-state index contributed by atoms with van der Waals surface area (Å²) in [5, 5.41) is 19.5. The highest BCUT2D eigenvalue weighted by molar-refractivity contribution is 5.43. The van der Waals surface area contributed by atoms with E-state index in [0.717, 1.165) is 30.4 Å². The van der Waals surface area contributed by atoms with Gasteiger partial charge >= 0.3 is 0 Å². The molecule has 0 bridgehead atoms. The number of phenolic OH excluding ortho intramolecular Hbond substituents is 1. The Morgan fingerprint density at radius 3 is 2.20 bits per heavy atom. The van der Waals surface area contributed by atoms with Crippen LogP contribution in [0.25, 0.3) is 0 Å². The summed E-state index contributed by atoms with van der Waals surface area (Å²) in [6.45, 7) is 3.82. The molecule has 15 heavy (non-hydrogen) atoms. The Morgan fingerprint density at radius 2 is 1.73 bits per heavy atom. The average molecular weight is 206 g/mol. The van der Waals surface area contributed by atoms with Crippen molar-refractivity contribution in [1.82, 2.24) is 0 Å². The Labute approximate surface area is 90.6 Å². The minimum atomic E-state index is -0.201. The van der Waals surface area contributed by atoms with Crippen molar-refractivity contribution in [2.45, 2.75) is 45.1 Å². The maximum Gasteiger partial charge on any atom is 0.121 e. The predicted molar refractivity (Wildman–Crippen MR) is 60.2 cm³/mol. The molecule has 1 aliphatic carbocycles. The Kier molecular flexibility index (Phi) is 2.70. The molecule has 1 aromatic rings. The smallest absolute Gasteiger partial charge is 0.121 e. The second-order valence-electron chi connectivity index (χ2n) is 4.61. The Bertz CT molecular complexity index is 348. The van der Waals surface area contributed by atoms with Crippen molar-refractivity contribution in [3.63, 3.8) is 0 Å². The van der Waals surface area contributed by atoms with Crippen molar-refractivity contribution in [1.29, 1.82) is 0 Å². The summed E-state index contributed by atoms with van der Waals surface area (Å²) in [4.78, 5) is 0. The van der Waals surface area contributed by atoms with Gasteiger partial charge in [0.1, 0.15) is 5.75 Å². The van der Waals surface area contributed by atoms with Crippen LogP contribution in [-0.4, -0.2) is 16.3 Å². The van der Waals surface area contributed by atoms with E-state index in [1.165, 1.54) is 5.56 Å². The SMILES string of the molecule is Cc1cc([C@@H]2CCC[C@H]2O)cc(C)c1O. The number of hydrogen-bond donors (Lipinski definition) is 2. The molecule has 0 unspecified atom stereocenters. The molecule has 2 rings (SSSR count). The average Bonchev–Trinajstić information content (AvgIpc) is 2.60. The van der Waals surface area contributed by atoms with Crippen LogP contribution in [0.15, 0.2) is 12.1 Å². The zero-order valence-electron chi connectivity index (χ0n) is 9.33. The van der Waals surface area contributed by atoms with Crippen molar-refractivity contribution >= 4 is 0 Å². The fourth-order valence-corrected chi connectivity index (χ4v) is 2.53. The number of hydrogen-bond acceptors (Lipinski definition) is 2. The molecule has 0 amide bonds. The van der Waals surface area contributed by atoms with E-state index in [4.69, 9.17) is 0 Å². The summed E-state index contributed by atoms with van der Waals surface area (Å²) in [6, 6.07) is 4.00. The molecule has 0 radical (unpaired) electrons. The topological polar surface area (TPSA) is 40.5 Å². The van der Waals surface area contributed by atoms with Crippen LogP contribution in [0, 0.1) is 13.8 Å². The maximum atomic E-state index is 9.83. The van der Waals surface area contributed by atoms with Crippen LogP contribution >= 0.6 is 0 Å². The quantitative estimate of drug-likeness (QED) is 0.741. The van der Waals surface area contributed by atoms with Gasteiger partial charge in [0, 0.05) is 5.92 Å². The molecule has 0 spiro atoms. The third-order valence-corrected chi connectivity index (χ3v) is 3.42. The maximum absolute atomic E-state index is 9.83. The molecule has 0 heterocycles. The molecule has 1 saturated carbocycles. The molecular weight excluding hydrogens is 188 g/mol. The van der Waals surface area contributed by atoms with E-state index in [2.05, 4.69) is 0 Å². The number of aromatic hydroxyl groups is 1. The molecule has 0 saturated heterocycles. The van der Waals surface area contributed by atoms with Gasteiger partial charge in [-0.3, -0.25) is 0 Å². The van der Waals surface area contributed by atoms with Crippen LogP contribution in [0.5, 0.6) is 5.75 Å². The summed E-state index contributed by atoms with van der Waals surface area (Å²) in [5.74, 6) is 0.647.